The van der Waals surface area contributed by atoms with Gasteiger partial charge in [-0.1, -0.05) is 6.08 Å². The van der Waals surface area contributed by atoms with Crippen molar-refractivity contribution in [1.29, 1.82) is 0 Å². The third kappa shape index (κ3) is 2.12. The van der Waals surface area contributed by atoms with Crippen LogP contribution in [0, 0.1) is 6.92 Å². The molecular formula is C11H11N2S. The number of aromatic nitrogens is 2. The molecule has 0 spiro atoms. The second-order valence-electron chi connectivity index (χ2n) is 2.94. The van der Waals surface area contributed by atoms with E-state index in [0.29, 0.717) is 0 Å². The van der Waals surface area contributed by atoms with Gasteiger partial charge in [-0.15, -0.1) is 11.3 Å². The van der Waals surface area contributed by atoms with Crippen molar-refractivity contribution in [2.45, 2.75) is 6.54 Å². The highest BCUT2D eigenvalue weighted by Gasteiger charge is 1.97. The minimum Gasteiger partial charge on any atom is -0.332 e. The van der Waals surface area contributed by atoms with Gasteiger partial charge in [0, 0.05) is 22.1 Å². The summed E-state index contributed by atoms with van der Waals surface area (Å²) in [7, 11) is 0. The first kappa shape index (κ1) is 9.21. The van der Waals surface area contributed by atoms with E-state index in [4.69, 9.17) is 0 Å². The van der Waals surface area contributed by atoms with Crippen LogP contribution >= 0.6 is 11.3 Å². The van der Waals surface area contributed by atoms with Crippen LogP contribution in [0.2, 0.25) is 0 Å². The van der Waals surface area contributed by atoms with Crippen molar-refractivity contribution in [2.24, 2.45) is 0 Å². The van der Waals surface area contributed by atoms with Gasteiger partial charge in [0.1, 0.15) is 0 Å². The highest BCUT2D eigenvalue weighted by Crippen LogP contribution is 2.18. The van der Waals surface area contributed by atoms with Crippen LogP contribution in [0.1, 0.15) is 9.75 Å². The predicted octanol–water partition coefficient (Wildman–Crippen LogP) is 2.84. The van der Waals surface area contributed by atoms with Crippen LogP contribution in [0.4, 0.5) is 0 Å². The van der Waals surface area contributed by atoms with E-state index in [0.717, 1.165) is 6.54 Å². The van der Waals surface area contributed by atoms with Gasteiger partial charge < -0.3 is 4.57 Å². The van der Waals surface area contributed by atoms with E-state index < -0.39 is 0 Å². The zero-order valence-corrected chi connectivity index (χ0v) is 8.57. The molecule has 0 aromatic carbocycles. The monoisotopic (exact) mass is 203 g/mol. The fourth-order valence-corrected chi connectivity index (χ4v) is 2.20. The number of allylic oxidation sites excluding steroid dienone is 1. The van der Waals surface area contributed by atoms with Gasteiger partial charge in [-0.25, -0.2) is 4.98 Å². The first-order valence-corrected chi connectivity index (χ1v) is 5.20. The molecule has 0 atom stereocenters. The summed E-state index contributed by atoms with van der Waals surface area (Å²) < 4.78 is 2.06. The van der Waals surface area contributed by atoms with E-state index in [2.05, 4.69) is 28.6 Å². The maximum Gasteiger partial charge on any atom is 0.0949 e. The molecule has 0 amide bonds. The fourth-order valence-electron chi connectivity index (χ4n) is 1.25. The van der Waals surface area contributed by atoms with E-state index >= 15 is 0 Å². The van der Waals surface area contributed by atoms with E-state index in [1.54, 1.807) is 17.5 Å². The summed E-state index contributed by atoms with van der Waals surface area (Å²) in [5.41, 5.74) is 0. The Kier molecular flexibility index (Phi) is 2.79. The summed E-state index contributed by atoms with van der Waals surface area (Å²) in [6.45, 7) is 4.58. The summed E-state index contributed by atoms with van der Waals surface area (Å²) in [6, 6.07) is 4.25. The highest BCUT2D eigenvalue weighted by molar-refractivity contribution is 7.12. The summed E-state index contributed by atoms with van der Waals surface area (Å²) in [5.74, 6) is 0. The Bertz CT molecular complexity index is 412. The largest absolute Gasteiger partial charge is 0.332 e. The van der Waals surface area contributed by atoms with Crippen LogP contribution in [0.5, 0.6) is 0 Å². The standard InChI is InChI=1S/C11H11N2S/c1-2-3-10-4-5-11(14-10)8-13-7-6-12-9-13/h2-7,9H,1,8H2/b3-2+. The molecule has 0 fully saturated rings. The van der Waals surface area contributed by atoms with Gasteiger partial charge in [0.25, 0.3) is 0 Å². The van der Waals surface area contributed by atoms with Crippen LogP contribution in [0.25, 0.3) is 6.08 Å². The van der Waals surface area contributed by atoms with Crippen LogP contribution in [0.15, 0.2) is 36.9 Å². The zero-order valence-electron chi connectivity index (χ0n) is 7.76. The topological polar surface area (TPSA) is 17.8 Å². The van der Waals surface area contributed by atoms with Gasteiger partial charge >= 0.3 is 0 Å². The molecule has 0 bridgehead atoms. The van der Waals surface area contributed by atoms with E-state index in [-0.39, 0.29) is 0 Å². The Labute approximate surface area is 87.5 Å². The van der Waals surface area contributed by atoms with Gasteiger partial charge in [0.2, 0.25) is 0 Å². The van der Waals surface area contributed by atoms with Crippen molar-refractivity contribution >= 4 is 17.4 Å². The Hall–Kier alpha value is -1.35. The Balaban J connectivity index is 2.10. The summed E-state index contributed by atoms with van der Waals surface area (Å²) in [5, 5.41) is 0. The molecule has 2 rings (SSSR count). The molecule has 0 N–H and O–H groups in total. The van der Waals surface area contributed by atoms with Crippen molar-refractivity contribution in [3.05, 3.63) is 53.6 Å². The van der Waals surface area contributed by atoms with Gasteiger partial charge in [0.15, 0.2) is 0 Å². The Morgan fingerprint density at radius 2 is 2.43 bits per heavy atom. The molecular weight excluding hydrogens is 192 g/mol. The predicted molar refractivity (Wildman–Crippen MR) is 60.0 cm³/mol. The first-order chi connectivity index (χ1) is 6.88. The lowest BCUT2D eigenvalue weighted by Gasteiger charge is -1.96. The van der Waals surface area contributed by atoms with E-state index in [1.165, 1.54) is 9.75 Å². The van der Waals surface area contributed by atoms with E-state index in [1.807, 2.05) is 24.7 Å². The number of hydrogen-bond donors (Lipinski definition) is 0. The lowest BCUT2D eigenvalue weighted by atomic mass is 10.4. The molecule has 3 heteroatoms. The summed E-state index contributed by atoms with van der Waals surface area (Å²) in [6.07, 6.45) is 9.42. The van der Waals surface area contributed by atoms with Gasteiger partial charge in [-0.05, 0) is 25.1 Å². The SMILES string of the molecule is [CH2]/C=C/c1ccc(Cn2ccnc2)s1. The number of rotatable bonds is 3. The van der Waals surface area contributed by atoms with Gasteiger partial charge in [-0.3, -0.25) is 0 Å². The number of imidazole rings is 1. The molecule has 71 valence electrons. The molecule has 0 aliphatic rings. The lowest BCUT2D eigenvalue weighted by Crippen LogP contribution is -1.92. The van der Waals surface area contributed by atoms with Crippen molar-refractivity contribution in [2.75, 3.05) is 0 Å². The number of hydrogen-bond acceptors (Lipinski definition) is 2. The quantitative estimate of drug-likeness (QED) is 0.750. The summed E-state index contributed by atoms with van der Waals surface area (Å²) in [4.78, 5) is 6.58. The average Bonchev–Trinajstić information content (AvgIpc) is 2.79. The molecule has 1 radical (unpaired) electrons. The van der Waals surface area contributed by atoms with Crippen LogP contribution < -0.4 is 0 Å². The Morgan fingerprint density at radius 3 is 3.14 bits per heavy atom. The van der Waals surface area contributed by atoms with E-state index in [9.17, 15) is 0 Å². The van der Waals surface area contributed by atoms with Gasteiger partial charge in [0.05, 0.1) is 12.9 Å². The number of nitrogens with zero attached hydrogens (tertiary/aromatic N) is 2. The minimum absolute atomic E-state index is 0.898. The maximum atomic E-state index is 4.01. The molecule has 0 aliphatic carbocycles. The van der Waals surface area contributed by atoms with Gasteiger partial charge in [-0.2, -0.15) is 0 Å². The number of thiophene rings is 1. The first-order valence-electron chi connectivity index (χ1n) is 4.39. The molecule has 14 heavy (non-hydrogen) atoms. The molecule has 2 heterocycles. The smallest absolute Gasteiger partial charge is 0.0949 e. The van der Waals surface area contributed by atoms with Crippen LogP contribution in [0.3, 0.4) is 0 Å². The fraction of sp³-hybridized carbons (Fsp3) is 0.0909. The van der Waals surface area contributed by atoms with Crippen LogP contribution in [-0.4, -0.2) is 9.55 Å². The molecule has 2 nitrogen and oxygen atoms in total. The van der Waals surface area contributed by atoms with Crippen molar-refractivity contribution < 1.29 is 0 Å². The molecule has 2 aromatic heterocycles. The maximum absolute atomic E-state index is 4.01. The molecule has 0 aliphatic heterocycles. The molecule has 0 saturated carbocycles. The lowest BCUT2D eigenvalue weighted by molar-refractivity contribution is 0.810. The third-order valence-electron chi connectivity index (χ3n) is 1.86. The molecule has 2 aromatic rings. The second kappa shape index (κ2) is 4.24. The Morgan fingerprint density at radius 1 is 1.50 bits per heavy atom. The second-order valence-corrected chi connectivity index (χ2v) is 4.14. The molecule has 0 unspecified atom stereocenters. The zero-order chi connectivity index (χ0) is 9.80. The van der Waals surface area contributed by atoms with Crippen molar-refractivity contribution in [1.82, 2.24) is 9.55 Å². The van der Waals surface area contributed by atoms with Crippen LogP contribution in [-0.2, 0) is 6.54 Å². The van der Waals surface area contributed by atoms with Crippen molar-refractivity contribution in [3.8, 4) is 0 Å². The molecule has 0 saturated heterocycles. The normalized spacial score (nSPS) is 11.2. The third-order valence-corrected chi connectivity index (χ3v) is 2.90. The van der Waals surface area contributed by atoms with Crippen molar-refractivity contribution in [3.63, 3.8) is 0 Å². The average molecular weight is 203 g/mol. The summed E-state index contributed by atoms with van der Waals surface area (Å²) >= 11 is 1.78. The minimum atomic E-state index is 0.898. The highest BCUT2D eigenvalue weighted by atomic mass is 32.1.